The molecule has 0 amide bonds. The number of ether oxygens (including phenoxy) is 2. The Morgan fingerprint density at radius 2 is 0.865 bits per heavy atom. The van der Waals surface area contributed by atoms with E-state index in [1.807, 2.05) is 0 Å². The molecule has 6 heteroatoms. The van der Waals surface area contributed by atoms with Gasteiger partial charge in [0.15, 0.2) is 13.5 Å². The summed E-state index contributed by atoms with van der Waals surface area (Å²) in [7, 11) is 0. The van der Waals surface area contributed by atoms with Crippen molar-refractivity contribution in [3.8, 4) is 0 Å². The van der Waals surface area contributed by atoms with Crippen molar-refractivity contribution in [2.75, 3.05) is 13.2 Å². The summed E-state index contributed by atoms with van der Waals surface area (Å²) in [5.74, 6) is 0. The number of imidazole rings is 2. The number of rotatable bonds is 26. The summed E-state index contributed by atoms with van der Waals surface area (Å²) in [4.78, 5) is 0. The van der Waals surface area contributed by atoms with E-state index in [-0.39, 0.29) is 0 Å². The Hall–Kier alpha value is -1.66. The standard InChI is InChI=1S/C31H58N4O2/c1-3-5-7-9-11-13-15-17-20-32-22-24-34(28-32)30-36-26-19-27-37-31-35-25-23-33(29-35)21-18-16-14-12-10-8-6-4-2/h22-25,28-29H,3-21,26-27,30-31H2,1-2H3/q+2. The zero-order chi connectivity index (χ0) is 26.2. The van der Waals surface area contributed by atoms with Crippen molar-refractivity contribution in [1.29, 1.82) is 0 Å². The van der Waals surface area contributed by atoms with Gasteiger partial charge in [0.2, 0.25) is 12.7 Å². The van der Waals surface area contributed by atoms with Gasteiger partial charge in [-0.3, -0.25) is 0 Å². The Labute approximate surface area is 228 Å². The van der Waals surface area contributed by atoms with Gasteiger partial charge in [0.05, 0.1) is 26.3 Å². The van der Waals surface area contributed by atoms with Crippen LogP contribution in [0.25, 0.3) is 0 Å². The molecular weight excluding hydrogens is 460 g/mol. The van der Waals surface area contributed by atoms with Gasteiger partial charge in [-0.2, -0.15) is 0 Å². The normalized spacial score (nSPS) is 11.5. The maximum absolute atomic E-state index is 5.83. The predicted molar refractivity (Wildman–Crippen MR) is 151 cm³/mol. The van der Waals surface area contributed by atoms with Crippen LogP contribution in [0, 0.1) is 0 Å². The van der Waals surface area contributed by atoms with Crippen LogP contribution in [-0.4, -0.2) is 22.3 Å². The molecule has 0 saturated carbocycles. The molecule has 0 aliphatic carbocycles. The highest BCUT2D eigenvalue weighted by Gasteiger charge is 2.05. The molecule has 0 bridgehead atoms. The Bertz CT molecular complexity index is 696. The van der Waals surface area contributed by atoms with Crippen molar-refractivity contribution in [3.05, 3.63) is 37.4 Å². The highest BCUT2D eigenvalue weighted by atomic mass is 16.5. The lowest BCUT2D eigenvalue weighted by atomic mass is 10.1. The molecule has 0 spiro atoms. The SMILES string of the molecule is CCCCCCCCCCn1cc[n+](COCCCOC[n+]2ccn(CCCCCCCCCC)c2)c1. The summed E-state index contributed by atoms with van der Waals surface area (Å²) in [6, 6.07) is 0. The number of hydrogen-bond acceptors (Lipinski definition) is 2. The average molecular weight is 519 g/mol. The largest absolute Gasteiger partial charge is 0.342 e. The van der Waals surface area contributed by atoms with Crippen LogP contribution in [0.3, 0.4) is 0 Å². The Morgan fingerprint density at radius 1 is 0.486 bits per heavy atom. The van der Waals surface area contributed by atoms with Crippen LogP contribution in [0.5, 0.6) is 0 Å². The number of aromatic nitrogens is 4. The topological polar surface area (TPSA) is 36.1 Å². The summed E-state index contributed by atoms with van der Waals surface area (Å²) in [5.41, 5.74) is 0. The first kappa shape index (κ1) is 31.6. The van der Waals surface area contributed by atoms with E-state index in [0.717, 1.165) is 32.7 Å². The second-order valence-electron chi connectivity index (χ2n) is 10.7. The van der Waals surface area contributed by atoms with Crippen LogP contribution in [0.1, 0.15) is 123 Å². The Kier molecular flexibility index (Phi) is 19.0. The van der Waals surface area contributed by atoms with E-state index in [1.165, 1.54) is 103 Å². The highest BCUT2D eigenvalue weighted by Crippen LogP contribution is 2.10. The molecule has 0 unspecified atom stereocenters. The van der Waals surface area contributed by atoms with Gasteiger partial charge in [-0.15, -0.1) is 0 Å². The molecule has 0 radical (unpaired) electrons. The zero-order valence-corrected chi connectivity index (χ0v) is 24.3. The average Bonchev–Trinajstić information content (AvgIpc) is 3.56. The van der Waals surface area contributed by atoms with Crippen LogP contribution in [0.4, 0.5) is 0 Å². The maximum Gasteiger partial charge on any atom is 0.245 e. The lowest BCUT2D eigenvalue weighted by molar-refractivity contribution is -0.733. The molecule has 2 aromatic heterocycles. The third-order valence-corrected chi connectivity index (χ3v) is 7.09. The minimum absolute atomic E-state index is 0.612. The summed E-state index contributed by atoms with van der Waals surface area (Å²) in [5, 5.41) is 0. The molecule has 37 heavy (non-hydrogen) atoms. The molecular formula is C31H58N4O2+2. The lowest BCUT2D eigenvalue weighted by Crippen LogP contribution is -2.33. The molecule has 0 aromatic carbocycles. The lowest BCUT2D eigenvalue weighted by Gasteiger charge is -2.03. The fraction of sp³-hybridized carbons (Fsp3) is 0.806. The van der Waals surface area contributed by atoms with Gasteiger partial charge in [-0.1, -0.05) is 90.9 Å². The number of aryl methyl sites for hydroxylation is 2. The summed E-state index contributed by atoms with van der Waals surface area (Å²) >= 11 is 0. The van der Waals surface area contributed by atoms with Crippen molar-refractivity contribution in [2.45, 2.75) is 150 Å². The van der Waals surface area contributed by atoms with Crippen molar-refractivity contribution >= 4 is 0 Å². The summed E-state index contributed by atoms with van der Waals surface area (Å²) in [6.45, 7) is 9.44. The Morgan fingerprint density at radius 3 is 1.27 bits per heavy atom. The van der Waals surface area contributed by atoms with Gasteiger partial charge in [0, 0.05) is 0 Å². The van der Waals surface area contributed by atoms with Crippen LogP contribution < -0.4 is 9.13 Å². The van der Waals surface area contributed by atoms with Crippen LogP contribution in [-0.2, 0) is 36.0 Å². The van der Waals surface area contributed by atoms with E-state index in [2.05, 4.69) is 69.6 Å². The third kappa shape index (κ3) is 16.7. The monoisotopic (exact) mass is 518 g/mol. The zero-order valence-electron chi connectivity index (χ0n) is 24.3. The van der Waals surface area contributed by atoms with Crippen molar-refractivity contribution < 1.29 is 18.6 Å². The van der Waals surface area contributed by atoms with Gasteiger partial charge < -0.3 is 9.47 Å². The first-order valence-electron chi connectivity index (χ1n) is 15.6. The second kappa shape index (κ2) is 22.3. The quantitative estimate of drug-likeness (QED) is 0.0976. The molecule has 0 atom stereocenters. The highest BCUT2D eigenvalue weighted by molar-refractivity contribution is 4.66. The first-order chi connectivity index (χ1) is 18.3. The van der Waals surface area contributed by atoms with E-state index in [4.69, 9.17) is 9.47 Å². The molecule has 0 aliphatic heterocycles. The summed E-state index contributed by atoms with van der Waals surface area (Å²) < 4.78 is 20.5. The third-order valence-electron chi connectivity index (χ3n) is 7.09. The fourth-order valence-electron chi connectivity index (χ4n) is 4.75. The number of unbranched alkanes of at least 4 members (excludes halogenated alkanes) is 14. The molecule has 2 rings (SSSR count). The van der Waals surface area contributed by atoms with E-state index in [0.29, 0.717) is 13.5 Å². The maximum atomic E-state index is 5.83. The van der Waals surface area contributed by atoms with Gasteiger partial charge in [0.25, 0.3) is 0 Å². The number of nitrogens with zero attached hydrogens (tertiary/aromatic N) is 4. The van der Waals surface area contributed by atoms with Crippen molar-refractivity contribution in [3.63, 3.8) is 0 Å². The molecule has 212 valence electrons. The Balaban J connectivity index is 1.39. The van der Waals surface area contributed by atoms with Gasteiger partial charge >= 0.3 is 0 Å². The van der Waals surface area contributed by atoms with Gasteiger partial charge in [-0.25, -0.2) is 18.3 Å². The van der Waals surface area contributed by atoms with Crippen molar-refractivity contribution in [2.24, 2.45) is 0 Å². The van der Waals surface area contributed by atoms with Crippen LogP contribution in [0.2, 0.25) is 0 Å². The minimum atomic E-state index is 0.612. The summed E-state index contributed by atoms with van der Waals surface area (Å²) in [6.07, 6.45) is 35.6. The van der Waals surface area contributed by atoms with Crippen molar-refractivity contribution in [1.82, 2.24) is 9.13 Å². The molecule has 6 nitrogen and oxygen atoms in total. The minimum Gasteiger partial charge on any atom is -0.342 e. The van der Waals surface area contributed by atoms with E-state index < -0.39 is 0 Å². The first-order valence-corrected chi connectivity index (χ1v) is 15.6. The molecule has 2 aromatic rings. The fourth-order valence-corrected chi connectivity index (χ4v) is 4.75. The van der Waals surface area contributed by atoms with E-state index >= 15 is 0 Å². The van der Waals surface area contributed by atoms with Gasteiger partial charge in [-0.05, 0) is 32.1 Å². The second-order valence-corrected chi connectivity index (χ2v) is 10.7. The predicted octanol–water partition coefficient (Wildman–Crippen LogP) is 7.18. The molecule has 2 heterocycles. The number of hydrogen-bond donors (Lipinski definition) is 0. The molecule has 0 N–H and O–H groups in total. The smallest absolute Gasteiger partial charge is 0.245 e. The van der Waals surface area contributed by atoms with Crippen LogP contribution in [0.15, 0.2) is 37.4 Å². The molecule has 0 aliphatic rings. The van der Waals surface area contributed by atoms with E-state index in [1.54, 1.807) is 0 Å². The van der Waals surface area contributed by atoms with Gasteiger partial charge in [0.1, 0.15) is 24.8 Å². The molecule has 0 saturated heterocycles. The van der Waals surface area contributed by atoms with Crippen LogP contribution >= 0.6 is 0 Å². The van der Waals surface area contributed by atoms with E-state index in [9.17, 15) is 0 Å². The molecule has 0 fully saturated rings.